The fraction of sp³-hybridized carbons (Fsp3) is 0.467. The van der Waals surface area contributed by atoms with Gasteiger partial charge in [-0.2, -0.15) is 0 Å². The van der Waals surface area contributed by atoms with Gasteiger partial charge in [0, 0.05) is 26.7 Å². The van der Waals surface area contributed by atoms with Crippen molar-refractivity contribution >= 4 is 11.9 Å². The number of hydrogen-bond donors (Lipinski definition) is 3. The molecule has 0 fully saturated rings. The molecule has 1 rings (SSSR count). The molecular weight excluding hydrogens is 271 g/mol. The Kier molecular flexibility index (Phi) is 7.86. The second-order valence-electron chi connectivity index (χ2n) is 4.58. The summed E-state index contributed by atoms with van der Waals surface area (Å²) in [6.45, 7) is 4.04. The molecule has 0 saturated heterocycles. The van der Waals surface area contributed by atoms with Crippen molar-refractivity contribution in [3.8, 4) is 0 Å². The number of halogens is 1. The molecule has 0 spiro atoms. The molecule has 0 aliphatic heterocycles. The molecule has 3 N–H and O–H groups in total. The standard InChI is InChI=1S/C15H23FN4O/c1-3-8-19-15(17-2)20-10-9-18-14(21)11-12-4-6-13(16)7-5-12/h4-7H,3,8-11H2,1-2H3,(H,18,21)(H2,17,19,20). The lowest BCUT2D eigenvalue weighted by Gasteiger charge is -2.11. The molecule has 0 saturated carbocycles. The van der Waals surface area contributed by atoms with Gasteiger partial charge in [-0.1, -0.05) is 19.1 Å². The zero-order chi connectivity index (χ0) is 15.5. The topological polar surface area (TPSA) is 65.5 Å². The van der Waals surface area contributed by atoms with Crippen molar-refractivity contribution in [2.24, 2.45) is 4.99 Å². The Balaban J connectivity index is 2.20. The van der Waals surface area contributed by atoms with Crippen LogP contribution in [0.25, 0.3) is 0 Å². The van der Waals surface area contributed by atoms with E-state index in [9.17, 15) is 9.18 Å². The van der Waals surface area contributed by atoms with E-state index in [1.54, 1.807) is 19.2 Å². The zero-order valence-corrected chi connectivity index (χ0v) is 12.6. The number of carbonyl (C=O) groups excluding carboxylic acids is 1. The van der Waals surface area contributed by atoms with Gasteiger partial charge < -0.3 is 16.0 Å². The number of carbonyl (C=O) groups is 1. The van der Waals surface area contributed by atoms with Gasteiger partial charge in [-0.05, 0) is 24.1 Å². The summed E-state index contributed by atoms with van der Waals surface area (Å²) in [5.74, 6) is 0.346. The molecule has 0 bridgehead atoms. The highest BCUT2D eigenvalue weighted by Crippen LogP contribution is 2.03. The number of aliphatic imine (C=N–C) groups is 1. The molecule has 0 atom stereocenters. The van der Waals surface area contributed by atoms with Crippen LogP contribution in [0.15, 0.2) is 29.3 Å². The number of nitrogens with zero attached hydrogens (tertiary/aromatic N) is 1. The van der Waals surface area contributed by atoms with Gasteiger partial charge in [-0.3, -0.25) is 9.79 Å². The van der Waals surface area contributed by atoms with Gasteiger partial charge >= 0.3 is 0 Å². The molecule has 1 aromatic rings. The van der Waals surface area contributed by atoms with Crippen LogP contribution in [-0.2, 0) is 11.2 Å². The van der Waals surface area contributed by atoms with E-state index in [1.165, 1.54) is 12.1 Å². The first kappa shape index (κ1) is 16.9. The Morgan fingerprint density at radius 3 is 2.33 bits per heavy atom. The van der Waals surface area contributed by atoms with E-state index in [-0.39, 0.29) is 18.1 Å². The number of guanidine groups is 1. The number of nitrogens with one attached hydrogen (secondary N) is 3. The number of hydrogen-bond acceptors (Lipinski definition) is 2. The highest BCUT2D eigenvalue weighted by molar-refractivity contribution is 5.80. The maximum absolute atomic E-state index is 12.7. The second-order valence-corrected chi connectivity index (χ2v) is 4.58. The summed E-state index contributed by atoms with van der Waals surface area (Å²) < 4.78 is 12.7. The van der Waals surface area contributed by atoms with Gasteiger partial charge in [0.25, 0.3) is 0 Å². The Morgan fingerprint density at radius 1 is 1.10 bits per heavy atom. The number of rotatable bonds is 7. The van der Waals surface area contributed by atoms with Gasteiger partial charge in [0.15, 0.2) is 5.96 Å². The van der Waals surface area contributed by atoms with Crippen molar-refractivity contribution in [3.63, 3.8) is 0 Å². The highest BCUT2D eigenvalue weighted by atomic mass is 19.1. The molecule has 1 aromatic carbocycles. The minimum atomic E-state index is -0.297. The Morgan fingerprint density at radius 2 is 1.71 bits per heavy atom. The third-order valence-corrected chi connectivity index (χ3v) is 2.78. The highest BCUT2D eigenvalue weighted by Gasteiger charge is 2.03. The summed E-state index contributed by atoms with van der Waals surface area (Å²) >= 11 is 0. The molecule has 0 aliphatic carbocycles. The predicted octanol–water partition coefficient (Wildman–Crippen LogP) is 1.06. The molecule has 0 aliphatic rings. The molecule has 0 unspecified atom stereocenters. The van der Waals surface area contributed by atoms with Crippen LogP contribution in [0, 0.1) is 5.82 Å². The summed E-state index contributed by atoms with van der Waals surface area (Å²) in [7, 11) is 1.71. The molecule has 6 heteroatoms. The van der Waals surface area contributed by atoms with E-state index < -0.39 is 0 Å². The largest absolute Gasteiger partial charge is 0.356 e. The minimum Gasteiger partial charge on any atom is -0.356 e. The number of amides is 1. The van der Waals surface area contributed by atoms with Gasteiger partial charge in [0.05, 0.1) is 6.42 Å². The van der Waals surface area contributed by atoms with Crippen LogP contribution in [0.5, 0.6) is 0 Å². The SMILES string of the molecule is CCCNC(=NC)NCCNC(=O)Cc1ccc(F)cc1. The maximum Gasteiger partial charge on any atom is 0.224 e. The summed E-state index contributed by atoms with van der Waals surface area (Å²) in [4.78, 5) is 15.8. The Hall–Kier alpha value is -2.11. The first-order valence-electron chi connectivity index (χ1n) is 7.11. The van der Waals surface area contributed by atoms with E-state index in [2.05, 4.69) is 27.9 Å². The lowest BCUT2D eigenvalue weighted by Crippen LogP contribution is -2.41. The van der Waals surface area contributed by atoms with Crippen molar-refractivity contribution < 1.29 is 9.18 Å². The predicted molar refractivity (Wildman–Crippen MR) is 82.8 cm³/mol. The molecule has 5 nitrogen and oxygen atoms in total. The normalized spacial score (nSPS) is 11.1. The fourth-order valence-electron chi connectivity index (χ4n) is 1.70. The molecule has 0 heterocycles. The van der Waals surface area contributed by atoms with Gasteiger partial charge in [0.2, 0.25) is 5.91 Å². The van der Waals surface area contributed by atoms with E-state index in [4.69, 9.17) is 0 Å². The lowest BCUT2D eigenvalue weighted by atomic mass is 10.1. The average Bonchev–Trinajstić information content (AvgIpc) is 2.49. The fourth-order valence-corrected chi connectivity index (χ4v) is 1.70. The van der Waals surface area contributed by atoms with Crippen molar-refractivity contribution in [2.45, 2.75) is 19.8 Å². The average molecular weight is 294 g/mol. The van der Waals surface area contributed by atoms with E-state index in [1.807, 2.05) is 0 Å². The molecule has 116 valence electrons. The third kappa shape index (κ3) is 7.29. The molecular formula is C15H23FN4O. The van der Waals surface area contributed by atoms with Gasteiger partial charge in [-0.25, -0.2) is 4.39 Å². The summed E-state index contributed by atoms with van der Waals surface area (Å²) in [5.41, 5.74) is 0.794. The smallest absolute Gasteiger partial charge is 0.224 e. The van der Waals surface area contributed by atoms with E-state index >= 15 is 0 Å². The summed E-state index contributed by atoms with van der Waals surface area (Å²) in [6.07, 6.45) is 1.28. The molecule has 0 aromatic heterocycles. The van der Waals surface area contributed by atoms with Gasteiger partial charge in [-0.15, -0.1) is 0 Å². The van der Waals surface area contributed by atoms with Crippen LogP contribution >= 0.6 is 0 Å². The first-order chi connectivity index (χ1) is 10.2. The van der Waals surface area contributed by atoms with Gasteiger partial charge in [0.1, 0.15) is 5.82 Å². The van der Waals surface area contributed by atoms with Crippen LogP contribution in [0.1, 0.15) is 18.9 Å². The van der Waals surface area contributed by atoms with Crippen molar-refractivity contribution in [2.75, 3.05) is 26.7 Å². The van der Waals surface area contributed by atoms with Crippen LogP contribution in [-0.4, -0.2) is 38.5 Å². The zero-order valence-electron chi connectivity index (χ0n) is 12.6. The first-order valence-corrected chi connectivity index (χ1v) is 7.11. The Bertz CT molecular complexity index is 459. The van der Waals surface area contributed by atoms with Crippen LogP contribution in [0.3, 0.4) is 0 Å². The van der Waals surface area contributed by atoms with Crippen LogP contribution < -0.4 is 16.0 Å². The summed E-state index contributed by atoms with van der Waals surface area (Å²) in [6, 6.07) is 5.94. The van der Waals surface area contributed by atoms with Crippen molar-refractivity contribution in [1.82, 2.24) is 16.0 Å². The third-order valence-electron chi connectivity index (χ3n) is 2.78. The lowest BCUT2D eigenvalue weighted by molar-refractivity contribution is -0.120. The molecule has 0 radical (unpaired) electrons. The van der Waals surface area contributed by atoms with Crippen LogP contribution in [0.4, 0.5) is 4.39 Å². The minimum absolute atomic E-state index is 0.0834. The van der Waals surface area contributed by atoms with E-state index in [0.29, 0.717) is 13.1 Å². The Labute approximate surface area is 125 Å². The van der Waals surface area contributed by atoms with Crippen LogP contribution in [0.2, 0.25) is 0 Å². The maximum atomic E-state index is 12.7. The monoisotopic (exact) mass is 294 g/mol. The molecule has 21 heavy (non-hydrogen) atoms. The number of benzene rings is 1. The van der Waals surface area contributed by atoms with Crippen molar-refractivity contribution in [3.05, 3.63) is 35.6 Å². The van der Waals surface area contributed by atoms with Crippen molar-refractivity contribution in [1.29, 1.82) is 0 Å². The molecule has 1 amide bonds. The quantitative estimate of drug-likeness (QED) is 0.400. The summed E-state index contributed by atoms with van der Waals surface area (Å²) in [5, 5.41) is 9.05. The second kappa shape index (κ2) is 9.74. The van der Waals surface area contributed by atoms with E-state index in [0.717, 1.165) is 24.5 Å².